The Morgan fingerprint density at radius 1 is 1.21 bits per heavy atom. The number of carbonyl (C=O) groups excluding carboxylic acids is 2. The minimum absolute atomic E-state index is 0.0529. The zero-order chi connectivity index (χ0) is 20.1. The van der Waals surface area contributed by atoms with Gasteiger partial charge in [0.1, 0.15) is 18.4 Å². The molecule has 3 rings (SSSR count). The summed E-state index contributed by atoms with van der Waals surface area (Å²) in [5.41, 5.74) is 1.37. The van der Waals surface area contributed by atoms with E-state index in [1.807, 2.05) is 23.6 Å². The van der Waals surface area contributed by atoms with E-state index in [2.05, 4.69) is 38.2 Å². The topological polar surface area (TPSA) is 58.6 Å². The van der Waals surface area contributed by atoms with Gasteiger partial charge in [-0.25, -0.2) is 0 Å². The minimum atomic E-state index is -0.388. The first-order valence-electron chi connectivity index (χ1n) is 9.72. The van der Waals surface area contributed by atoms with Crippen LogP contribution in [0, 0.1) is 0 Å². The molecule has 1 fully saturated rings. The second kappa shape index (κ2) is 8.78. The van der Waals surface area contributed by atoms with Crippen molar-refractivity contribution in [3.05, 3.63) is 52.2 Å². The molecular weight excluding hydrogens is 372 g/mol. The molecule has 0 saturated carbocycles. The predicted molar refractivity (Wildman–Crippen MR) is 112 cm³/mol. The molecule has 2 amide bonds. The summed E-state index contributed by atoms with van der Waals surface area (Å²) in [5, 5.41) is 4.78. The highest BCUT2D eigenvalue weighted by Crippen LogP contribution is 2.24. The number of benzene rings is 1. The maximum atomic E-state index is 12.6. The molecule has 0 unspecified atom stereocenters. The van der Waals surface area contributed by atoms with Gasteiger partial charge in [-0.3, -0.25) is 9.59 Å². The van der Waals surface area contributed by atoms with Gasteiger partial charge in [0, 0.05) is 6.54 Å². The van der Waals surface area contributed by atoms with E-state index in [1.54, 1.807) is 11.0 Å². The molecule has 2 aromatic rings. The summed E-state index contributed by atoms with van der Waals surface area (Å²) < 4.78 is 5.73. The summed E-state index contributed by atoms with van der Waals surface area (Å²) in [7, 11) is 0. The van der Waals surface area contributed by atoms with Gasteiger partial charge in [0.2, 0.25) is 5.91 Å². The Kier molecular flexibility index (Phi) is 6.39. The monoisotopic (exact) mass is 400 g/mol. The van der Waals surface area contributed by atoms with Crippen LogP contribution < -0.4 is 10.1 Å². The number of hydrogen-bond acceptors (Lipinski definition) is 4. The van der Waals surface area contributed by atoms with Crippen molar-refractivity contribution in [1.29, 1.82) is 0 Å². The van der Waals surface area contributed by atoms with Gasteiger partial charge in [-0.2, -0.15) is 0 Å². The lowest BCUT2D eigenvalue weighted by Crippen LogP contribution is -2.46. The van der Waals surface area contributed by atoms with Crippen LogP contribution >= 0.6 is 11.3 Å². The fraction of sp³-hybridized carbons (Fsp3) is 0.455. The van der Waals surface area contributed by atoms with Crippen LogP contribution in [0.25, 0.3) is 0 Å². The smallest absolute Gasteiger partial charge is 0.264 e. The molecule has 5 nitrogen and oxygen atoms in total. The van der Waals surface area contributed by atoms with E-state index >= 15 is 0 Å². The van der Waals surface area contributed by atoms with E-state index in [0.29, 0.717) is 31.0 Å². The molecule has 0 spiro atoms. The Morgan fingerprint density at radius 3 is 2.61 bits per heavy atom. The first kappa shape index (κ1) is 20.4. The molecule has 2 heterocycles. The van der Waals surface area contributed by atoms with Crippen LogP contribution in [0.2, 0.25) is 0 Å². The number of nitrogens with zero attached hydrogens (tertiary/aromatic N) is 1. The predicted octanol–water partition coefficient (Wildman–Crippen LogP) is 3.85. The van der Waals surface area contributed by atoms with Gasteiger partial charge in [0.05, 0.1) is 11.4 Å². The average molecular weight is 401 g/mol. The summed E-state index contributed by atoms with van der Waals surface area (Å²) in [5.74, 6) is 0.634. The lowest BCUT2D eigenvalue weighted by atomic mass is 9.87. The standard InChI is InChI=1S/C22H28N2O3S/c1-22(2,3)16-8-10-17(11-9-16)27-14-12-23-20(25)18-6-4-13-24(18)21(26)19-7-5-15-28-19/h5,7-11,15,18H,4,6,12-14H2,1-3H3,(H,23,25)/t18-/m0/s1. The van der Waals surface area contributed by atoms with Crippen LogP contribution in [-0.2, 0) is 10.2 Å². The quantitative estimate of drug-likeness (QED) is 0.750. The van der Waals surface area contributed by atoms with E-state index in [0.717, 1.165) is 12.2 Å². The number of rotatable bonds is 6. The molecule has 28 heavy (non-hydrogen) atoms. The van der Waals surface area contributed by atoms with Crippen molar-refractivity contribution in [3.63, 3.8) is 0 Å². The van der Waals surface area contributed by atoms with Crippen LogP contribution in [0.15, 0.2) is 41.8 Å². The van der Waals surface area contributed by atoms with E-state index in [9.17, 15) is 9.59 Å². The highest BCUT2D eigenvalue weighted by atomic mass is 32.1. The molecule has 1 aliphatic heterocycles. The minimum Gasteiger partial charge on any atom is -0.492 e. The molecule has 150 valence electrons. The summed E-state index contributed by atoms with van der Waals surface area (Å²) in [6.07, 6.45) is 1.56. The summed E-state index contributed by atoms with van der Waals surface area (Å²) in [4.78, 5) is 27.5. The van der Waals surface area contributed by atoms with Crippen molar-refractivity contribution in [2.45, 2.75) is 45.1 Å². The lowest BCUT2D eigenvalue weighted by molar-refractivity contribution is -0.124. The molecule has 0 aliphatic carbocycles. The molecular formula is C22H28N2O3S. The van der Waals surface area contributed by atoms with Gasteiger partial charge in [-0.1, -0.05) is 39.0 Å². The number of amides is 2. The fourth-order valence-corrected chi connectivity index (χ4v) is 4.02. The highest BCUT2D eigenvalue weighted by molar-refractivity contribution is 7.12. The number of likely N-dealkylation sites (tertiary alicyclic amines) is 1. The molecule has 1 N–H and O–H groups in total. The van der Waals surface area contributed by atoms with Crippen molar-refractivity contribution in [2.75, 3.05) is 19.7 Å². The SMILES string of the molecule is CC(C)(C)c1ccc(OCCNC(=O)[C@@H]2CCCN2C(=O)c2cccs2)cc1. The van der Waals surface area contributed by atoms with Gasteiger partial charge in [-0.15, -0.1) is 11.3 Å². The number of ether oxygens (including phenoxy) is 1. The molecule has 6 heteroatoms. The average Bonchev–Trinajstić information content (AvgIpc) is 3.36. The van der Waals surface area contributed by atoms with Gasteiger partial charge in [0.25, 0.3) is 5.91 Å². The number of carbonyl (C=O) groups is 2. The normalized spacial score (nSPS) is 16.8. The summed E-state index contributed by atoms with van der Waals surface area (Å²) in [6.45, 7) is 7.96. The fourth-order valence-electron chi connectivity index (χ4n) is 3.34. The van der Waals surface area contributed by atoms with Crippen molar-refractivity contribution >= 4 is 23.2 Å². The summed E-state index contributed by atoms with van der Waals surface area (Å²) >= 11 is 1.41. The number of nitrogens with one attached hydrogen (secondary N) is 1. The van der Waals surface area contributed by atoms with Crippen LogP contribution in [0.4, 0.5) is 0 Å². The largest absolute Gasteiger partial charge is 0.492 e. The second-order valence-corrected chi connectivity index (χ2v) is 9.00. The van der Waals surface area contributed by atoms with E-state index in [1.165, 1.54) is 16.9 Å². The first-order valence-corrected chi connectivity index (χ1v) is 10.6. The third-order valence-electron chi connectivity index (χ3n) is 4.94. The Bertz CT molecular complexity index is 794. The lowest BCUT2D eigenvalue weighted by Gasteiger charge is -2.23. The second-order valence-electron chi connectivity index (χ2n) is 8.05. The van der Waals surface area contributed by atoms with Crippen LogP contribution in [0.1, 0.15) is 48.8 Å². The van der Waals surface area contributed by atoms with Crippen LogP contribution in [0.3, 0.4) is 0 Å². The molecule has 1 aromatic carbocycles. The van der Waals surface area contributed by atoms with Crippen molar-refractivity contribution in [3.8, 4) is 5.75 Å². The van der Waals surface area contributed by atoms with Gasteiger partial charge < -0.3 is 15.0 Å². The van der Waals surface area contributed by atoms with Gasteiger partial charge in [0.15, 0.2) is 0 Å². The number of thiophene rings is 1. The molecule has 1 aliphatic rings. The van der Waals surface area contributed by atoms with E-state index < -0.39 is 0 Å². The van der Waals surface area contributed by atoms with E-state index in [4.69, 9.17) is 4.74 Å². The zero-order valence-electron chi connectivity index (χ0n) is 16.7. The first-order chi connectivity index (χ1) is 13.4. The van der Waals surface area contributed by atoms with Crippen molar-refractivity contribution in [2.24, 2.45) is 0 Å². The Labute approximate surface area is 170 Å². The van der Waals surface area contributed by atoms with Crippen molar-refractivity contribution < 1.29 is 14.3 Å². The van der Waals surface area contributed by atoms with Crippen LogP contribution in [-0.4, -0.2) is 42.5 Å². The molecule has 1 aromatic heterocycles. The number of hydrogen-bond donors (Lipinski definition) is 1. The molecule has 0 bridgehead atoms. The van der Waals surface area contributed by atoms with Gasteiger partial charge >= 0.3 is 0 Å². The molecule has 1 saturated heterocycles. The summed E-state index contributed by atoms with van der Waals surface area (Å²) in [6, 6.07) is 11.3. The third-order valence-corrected chi connectivity index (χ3v) is 5.80. The van der Waals surface area contributed by atoms with Crippen molar-refractivity contribution in [1.82, 2.24) is 10.2 Å². The maximum Gasteiger partial charge on any atom is 0.264 e. The zero-order valence-corrected chi connectivity index (χ0v) is 17.6. The Hall–Kier alpha value is -2.34. The molecule has 1 atom stereocenters. The van der Waals surface area contributed by atoms with Crippen LogP contribution in [0.5, 0.6) is 5.75 Å². The molecule has 0 radical (unpaired) electrons. The Morgan fingerprint density at radius 2 is 1.96 bits per heavy atom. The highest BCUT2D eigenvalue weighted by Gasteiger charge is 2.34. The Balaban J connectivity index is 1.45. The van der Waals surface area contributed by atoms with Gasteiger partial charge in [-0.05, 0) is 47.4 Å². The maximum absolute atomic E-state index is 12.6. The third kappa shape index (κ3) is 4.93. The van der Waals surface area contributed by atoms with E-state index in [-0.39, 0.29) is 23.3 Å².